The van der Waals surface area contributed by atoms with Gasteiger partial charge in [-0.15, -0.1) is 0 Å². The average molecular weight is 298 g/mol. The zero-order chi connectivity index (χ0) is 15.8. The summed E-state index contributed by atoms with van der Waals surface area (Å²) in [6.07, 6.45) is 4.72. The van der Waals surface area contributed by atoms with Gasteiger partial charge in [0.05, 0.1) is 5.69 Å². The van der Waals surface area contributed by atoms with E-state index in [1.165, 1.54) is 19.3 Å². The molecular weight excluding hydrogens is 272 g/mol. The van der Waals surface area contributed by atoms with Gasteiger partial charge in [-0.05, 0) is 23.8 Å². The summed E-state index contributed by atoms with van der Waals surface area (Å²) >= 11 is 0. The van der Waals surface area contributed by atoms with Gasteiger partial charge >= 0.3 is 6.03 Å². The van der Waals surface area contributed by atoms with E-state index in [9.17, 15) is 4.79 Å². The molecule has 0 radical (unpaired) electrons. The predicted octanol–water partition coefficient (Wildman–Crippen LogP) is 5.18. The van der Waals surface area contributed by atoms with Crippen molar-refractivity contribution in [2.24, 2.45) is 5.92 Å². The fourth-order valence-electron chi connectivity index (χ4n) is 2.68. The highest BCUT2D eigenvalue weighted by atomic mass is 16.2. The molecule has 0 saturated heterocycles. The summed E-state index contributed by atoms with van der Waals surface area (Å²) in [5.74, 6) is 0.568. The second kappa shape index (κ2) is 8.42. The van der Waals surface area contributed by atoms with Crippen molar-refractivity contribution < 1.29 is 4.79 Å². The first-order chi connectivity index (χ1) is 10.7. The molecule has 118 valence electrons. The summed E-state index contributed by atoms with van der Waals surface area (Å²) in [7, 11) is 0. The highest BCUT2D eigenvalue weighted by molar-refractivity contribution is 6.01. The Morgan fingerprint density at radius 3 is 2.64 bits per heavy atom. The van der Waals surface area contributed by atoms with Crippen molar-refractivity contribution in [3.05, 3.63) is 42.5 Å². The molecule has 0 aliphatic heterocycles. The van der Waals surface area contributed by atoms with Crippen molar-refractivity contribution in [2.45, 2.75) is 39.5 Å². The Labute approximate surface area is 133 Å². The number of fused-ring (bicyclic) bond motifs is 1. The molecule has 2 amide bonds. The van der Waals surface area contributed by atoms with Crippen molar-refractivity contribution in [3.8, 4) is 0 Å². The lowest BCUT2D eigenvalue weighted by Gasteiger charge is -2.16. The van der Waals surface area contributed by atoms with Gasteiger partial charge in [-0.25, -0.2) is 4.79 Å². The topological polar surface area (TPSA) is 41.1 Å². The number of carbonyl (C=O) groups excluding carboxylic acids is 1. The lowest BCUT2D eigenvalue weighted by Crippen LogP contribution is -2.33. The second-order valence-electron chi connectivity index (χ2n) is 5.78. The van der Waals surface area contributed by atoms with Crippen LogP contribution in [0, 0.1) is 5.92 Å². The first-order valence-electron chi connectivity index (χ1n) is 8.27. The van der Waals surface area contributed by atoms with E-state index in [1.54, 1.807) is 0 Å². The molecule has 0 aliphatic carbocycles. The van der Waals surface area contributed by atoms with Crippen molar-refractivity contribution in [1.82, 2.24) is 5.32 Å². The molecule has 2 rings (SSSR count). The monoisotopic (exact) mass is 298 g/mol. The summed E-state index contributed by atoms with van der Waals surface area (Å²) in [5, 5.41) is 8.18. The van der Waals surface area contributed by atoms with Gasteiger partial charge in [0.25, 0.3) is 0 Å². The number of anilines is 1. The van der Waals surface area contributed by atoms with Crippen LogP contribution in [-0.2, 0) is 0 Å². The fraction of sp³-hybridized carbons (Fsp3) is 0.421. The molecule has 0 heterocycles. The third kappa shape index (κ3) is 4.48. The highest BCUT2D eigenvalue weighted by Crippen LogP contribution is 2.22. The number of carbonyl (C=O) groups is 1. The maximum Gasteiger partial charge on any atom is 0.319 e. The standard InChI is InChI=1S/C19H26N2O/c1-3-5-9-15(4-2)14-20-19(22)21-18-13-8-11-16-10-6-7-12-17(16)18/h6-8,10-13,15H,3-5,9,14H2,1-2H3,(H2,20,21,22)/t15-/m0/s1. The molecule has 3 heteroatoms. The van der Waals surface area contributed by atoms with Crippen molar-refractivity contribution >= 4 is 22.5 Å². The Hall–Kier alpha value is -2.03. The van der Waals surface area contributed by atoms with Crippen molar-refractivity contribution in [1.29, 1.82) is 0 Å². The van der Waals surface area contributed by atoms with Gasteiger partial charge in [-0.1, -0.05) is 69.5 Å². The number of amides is 2. The molecule has 2 N–H and O–H groups in total. The second-order valence-corrected chi connectivity index (χ2v) is 5.78. The fourth-order valence-corrected chi connectivity index (χ4v) is 2.68. The molecule has 0 aromatic heterocycles. The van der Waals surface area contributed by atoms with Gasteiger partial charge in [0.2, 0.25) is 0 Å². The average Bonchev–Trinajstić information content (AvgIpc) is 2.55. The molecule has 1 atom stereocenters. The predicted molar refractivity (Wildman–Crippen MR) is 94.3 cm³/mol. The summed E-state index contributed by atoms with van der Waals surface area (Å²) in [5.41, 5.74) is 0.859. The van der Waals surface area contributed by atoms with Crippen LogP contribution in [0.4, 0.5) is 10.5 Å². The molecule has 22 heavy (non-hydrogen) atoms. The van der Waals surface area contributed by atoms with Crippen LogP contribution >= 0.6 is 0 Å². The Bertz CT molecular complexity index is 604. The number of hydrogen-bond donors (Lipinski definition) is 2. The molecule has 0 bridgehead atoms. The summed E-state index contributed by atoms with van der Waals surface area (Å²) < 4.78 is 0. The van der Waals surface area contributed by atoms with Gasteiger partial charge in [0, 0.05) is 11.9 Å². The van der Waals surface area contributed by atoms with Gasteiger partial charge in [-0.3, -0.25) is 0 Å². The Morgan fingerprint density at radius 2 is 1.86 bits per heavy atom. The summed E-state index contributed by atoms with van der Waals surface area (Å²) in [6.45, 7) is 5.13. The first-order valence-corrected chi connectivity index (χ1v) is 8.27. The number of benzene rings is 2. The summed E-state index contributed by atoms with van der Waals surface area (Å²) in [6, 6.07) is 13.9. The molecule has 0 aliphatic rings. The van der Waals surface area contributed by atoms with Crippen molar-refractivity contribution in [3.63, 3.8) is 0 Å². The van der Waals surface area contributed by atoms with Crippen LogP contribution < -0.4 is 10.6 Å². The van der Waals surface area contributed by atoms with Crippen LogP contribution in [0.1, 0.15) is 39.5 Å². The van der Waals surface area contributed by atoms with Crippen LogP contribution in [0.2, 0.25) is 0 Å². The van der Waals surface area contributed by atoms with Crippen LogP contribution in [-0.4, -0.2) is 12.6 Å². The largest absolute Gasteiger partial charge is 0.338 e. The normalized spacial score (nSPS) is 12.1. The Balaban J connectivity index is 1.93. The van der Waals surface area contributed by atoms with E-state index in [0.717, 1.165) is 29.4 Å². The van der Waals surface area contributed by atoms with Gasteiger partial charge < -0.3 is 10.6 Å². The van der Waals surface area contributed by atoms with Gasteiger partial charge in [0.15, 0.2) is 0 Å². The number of unbranched alkanes of at least 4 members (excludes halogenated alkanes) is 1. The van der Waals surface area contributed by atoms with Gasteiger partial charge in [0.1, 0.15) is 0 Å². The zero-order valence-electron chi connectivity index (χ0n) is 13.6. The minimum atomic E-state index is -0.119. The SMILES string of the molecule is CCCC[C@H](CC)CNC(=O)Nc1cccc2ccccc12. The van der Waals surface area contributed by atoms with E-state index in [0.29, 0.717) is 5.92 Å². The van der Waals surface area contributed by atoms with Crippen LogP contribution in [0.25, 0.3) is 10.8 Å². The van der Waals surface area contributed by atoms with Crippen molar-refractivity contribution in [2.75, 3.05) is 11.9 Å². The first kappa shape index (κ1) is 16.3. The smallest absolute Gasteiger partial charge is 0.319 e. The van der Waals surface area contributed by atoms with Gasteiger partial charge in [-0.2, -0.15) is 0 Å². The number of hydrogen-bond acceptors (Lipinski definition) is 1. The highest BCUT2D eigenvalue weighted by Gasteiger charge is 2.09. The molecule has 3 nitrogen and oxygen atoms in total. The molecule has 0 spiro atoms. The third-order valence-electron chi connectivity index (χ3n) is 4.13. The van der Waals surface area contributed by atoms with E-state index >= 15 is 0 Å². The quantitative estimate of drug-likeness (QED) is 0.726. The zero-order valence-corrected chi connectivity index (χ0v) is 13.6. The van der Waals surface area contributed by atoms with Crippen LogP contribution in [0.5, 0.6) is 0 Å². The van der Waals surface area contributed by atoms with Crippen LogP contribution in [0.15, 0.2) is 42.5 Å². The lowest BCUT2D eigenvalue weighted by molar-refractivity contribution is 0.249. The maximum atomic E-state index is 12.1. The minimum absolute atomic E-state index is 0.119. The Kier molecular flexibility index (Phi) is 6.26. The minimum Gasteiger partial charge on any atom is -0.338 e. The number of urea groups is 1. The molecule has 2 aromatic rings. The van der Waals surface area contributed by atoms with E-state index in [-0.39, 0.29) is 6.03 Å². The summed E-state index contributed by atoms with van der Waals surface area (Å²) in [4.78, 5) is 12.1. The molecule has 0 fully saturated rings. The lowest BCUT2D eigenvalue weighted by atomic mass is 9.99. The molecule has 0 unspecified atom stereocenters. The molecular formula is C19H26N2O. The molecule has 0 saturated carbocycles. The van der Waals surface area contributed by atoms with E-state index < -0.39 is 0 Å². The number of nitrogens with one attached hydrogen (secondary N) is 2. The maximum absolute atomic E-state index is 12.1. The molecule has 2 aromatic carbocycles. The van der Waals surface area contributed by atoms with E-state index in [1.807, 2.05) is 30.3 Å². The Morgan fingerprint density at radius 1 is 1.09 bits per heavy atom. The number of rotatable bonds is 7. The third-order valence-corrected chi connectivity index (χ3v) is 4.13. The van der Waals surface area contributed by atoms with E-state index in [4.69, 9.17) is 0 Å². The van der Waals surface area contributed by atoms with Crippen LogP contribution in [0.3, 0.4) is 0 Å². The van der Waals surface area contributed by atoms with E-state index in [2.05, 4.69) is 36.6 Å².